The maximum Gasteiger partial charge on any atom is 0.336 e. The second-order valence-corrected chi connectivity index (χ2v) is 10.3. The minimum absolute atomic E-state index is 0.500. The molecule has 0 spiro atoms. The van der Waals surface area contributed by atoms with Crippen molar-refractivity contribution in [2.45, 2.75) is 64.2 Å². The van der Waals surface area contributed by atoms with Crippen LogP contribution in [-0.2, 0) is 58.7 Å². The first kappa shape index (κ1) is 32.4. The van der Waals surface area contributed by atoms with Gasteiger partial charge in [-0.05, 0) is 11.6 Å². The molecular formula is C24H24F2O15S. The van der Waals surface area contributed by atoms with Gasteiger partial charge in [-0.2, -0.15) is 12.8 Å². The summed E-state index contributed by atoms with van der Waals surface area (Å²) in [4.78, 5) is 59.2. The smallest absolute Gasteiger partial charge is 0.336 e. The fourth-order valence-corrected chi connectivity index (χ4v) is 4.73. The standard InChI is InChI=1S/C24H24F2O15S/c1-9(27)35-7-16-21(36-10(2)28)22(37-11(3)29)23(38-12(4)30)24(39-16)41-20-15(25)6-14-13(8-42(32,33)34)5-17(31)40-19(14)18(20)26/h5-6,16,21-24H,7-8H2,1-4H3,(H,32,33,34)/t16?,21-,22?,23+,24+/m1/s1. The maximum absolute atomic E-state index is 15.6. The number of ether oxygens (including phenoxy) is 6. The molecule has 42 heavy (non-hydrogen) atoms. The van der Waals surface area contributed by atoms with Gasteiger partial charge < -0.3 is 32.8 Å². The zero-order valence-corrected chi connectivity index (χ0v) is 23.1. The summed E-state index contributed by atoms with van der Waals surface area (Å²) in [5, 5.41) is -0.545. The number of carbonyl (C=O) groups excluding carboxylic acids is 4. The summed E-state index contributed by atoms with van der Waals surface area (Å²) in [6.45, 7) is 3.25. The molecule has 1 aromatic heterocycles. The molecule has 15 nitrogen and oxygen atoms in total. The molecule has 0 saturated carbocycles. The van der Waals surface area contributed by atoms with E-state index in [-0.39, 0.29) is 0 Å². The lowest BCUT2D eigenvalue weighted by atomic mass is 9.98. The lowest BCUT2D eigenvalue weighted by molar-refractivity contribution is -0.289. The Morgan fingerprint density at radius 2 is 1.48 bits per heavy atom. The van der Waals surface area contributed by atoms with Gasteiger partial charge in [0.1, 0.15) is 18.5 Å². The van der Waals surface area contributed by atoms with E-state index in [9.17, 15) is 32.4 Å². The first-order valence-electron chi connectivity index (χ1n) is 11.8. The number of hydrogen-bond donors (Lipinski definition) is 1. The van der Waals surface area contributed by atoms with Crippen molar-refractivity contribution in [2.24, 2.45) is 0 Å². The van der Waals surface area contributed by atoms with Crippen molar-refractivity contribution in [1.29, 1.82) is 0 Å². The molecule has 1 fully saturated rings. The van der Waals surface area contributed by atoms with Crippen molar-refractivity contribution >= 4 is 45.0 Å². The molecule has 5 atom stereocenters. The van der Waals surface area contributed by atoms with Crippen LogP contribution in [0.5, 0.6) is 5.75 Å². The summed E-state index contributed by atoms with van der Waals surface area (Å²) >= 11 is 0. The minimum atomic E-state index is -4.75. The molecule has 0 radical (unpaired) electrons. The Hall–Kier alpha value is -4.16. The number of carbonyl (C=O) groups is 4. The zero-order valence-electron chi connectivity index (χ0n) is 22.3. The summed E-state index contributed by atoms with van der Waals surface area (Å²) in [5.41, 5.74) is -2.73. The van der Waals surface area contributed by atoms with E-state index >= 15 is 8.78 Å². The molecule has 230 valence electrons. The van der Waals surface area contributed by atoms with Gasteiger partial charge in [-0.1, -0.05) is 0 Å². The molecule has 1 saturated heterocycles. The van der Waals surface area contributed by atoms with Crippen LogP contribution in [0.1, 0.15) is 33.3 Å². The van der Waals surface area contributed by atoms with E-state index in [0.717, 1.165) is 27.7 Å². The Labute approximate surface area is 235 Å². The van der Waals surface area contributed by atoms with Crippen LogP contribution in [0.25, 0.3) is 11.0 Å². The van der Waals surface area contributed by atoms with Crippen LogP contribution in [0.2, 0.25) is 0 Å². The largest absolute Gasteiger partial charge is 0.463 e. The van der Waals surface area contributed by atoms with Crippen LogP contribution >= 0.6 is 0 Å². The van der Waals surface area contributed by atoms with E-state index in [2.05, 4.69) is 0 Å². The van der Waals surface area contributed by atoms with Crippen LogP contribution in [0.15, 0.2) is 21.3 Å². The van der Waals surface area contributed by atoms with E-state index in [4.69, 9.17) is 37.4 Å². The van der Waals surface area contributed by atoms with Gasteiger partial charge in [-0.3, -0.25) is 23.7 Å². The predicted molar refractivity (Wildman–Crippen MR) is 130 cm³/mol. The first-order chi connectivity index (χ1) is 19.5. The van der Waals surface area contributed by atoms with E-state index < -0.39 is 117 Å². The topological polar surface area (TPSA) is 208 Å². The molecule has 0 bridgehead atoms. The van der Waals surface area contributed by atoms with E-state index in [1.165, 1.54) is 0 Å². The molecule has 1 aliphatic rings. The number of rotatable bonds is 9. The maximum atomic E-state index is 15.6. The van der Waals surface area contributed by atoms with Gasteiger partial charge >= 0.3 is 29.5 Å². The third-order valence-corrected chi connectivity index (χ3v) is 6.17. The number of halogens is 2. The van der Waals surface area contributed by atoms with Gasteiger partial charge in [-0.15, -0.1) is 0 Å². The summed E-state index contributed by atoms with van der Waals surface area (Å²) < 4.78 is 99.0. The average Bonchev–Trinajstić information content (AvgIpc) is 2.83. The Balaban J connectivity index is 2.16. The Bertz CT molecular complexity index is 1570. The summed E-state index contributed by atoms with van der Waals surface area (Å²) in [6.07, 6.45) is -8.70. The van der Waals surface area contributed by atoms with Gasteiger partial charge in [0, 0.05) is 39.1 Å². The van der Waals surface area contributed by atoms with Gasteiger partial charge in [-0.25, -0.2) is 9.18 Å². The molecule has 0 amide bonds. The van der Waals surface area contributed by atoms with Crippen molar-refractivity contribution in [3.8, 4) is 5.75 Å². The highest BCUT2D eigenvalue weighted by Gasteiger charge is 2.53. The van der Waals surface area contributed by atoms with Crippen LogP contribution in [0, 0.1) is 11.6 Å². The molecule has 1 aliphatic heterocycles. The van der Waals surface area contributed by atoms with E-state index in [1.54, 1.807) is 0 Å². The summed E-state index contributed by atoms with van der Waals surface area (Å²) in [5.74, 6) is -9.37. The molecule has 2 unspecified atom stereocenters. The molecule has 3 rings (SSSR count). The van der Waals surface area contributed by atoms with Crippen LogP contribution in [-0.4, -0.2) is 74.2 Å². The lowest BCUT2D eigenvalue weighted by Gasteiger charge is -2.43. The fourth-order valence-electron chi connectivity index (χ4n) is 4.10. The number of benzene rings is 1. The fraction of sp³-hybridized carbons (Fsp3) is 0.458. The Kier molecular flexibility index (Phi) is 9.85. The SMILES string of the molecule is CC(=O)OCC1O[C@@H](Oc2c(F)cc3c(CS(=O)(=O)O)cc(=O)oc3c2F)[C@@H](OC(C)=O)C(OC(C)=O)[C@@H]1OC(C)=O. The second kappa shape index (κ2) is 12.8. The van der Waals surface area contributed by atoms with Crippen LogP contribution < -0.4 is 10.4 Å². The van der Waals surface area contributed by atoms with Crippen molar-refractivity contribution < 1.29 is 73.8 Å². The first-order valence-corrected chi connectivity index (χ1v) is 13.4. The van der Waals surface area contributed by atoms with Gasteiger partial charge in [0.15, 0.2) is 29.4 Å². The highest BCUT2D eigenvalue weighted by Crippen LogP contribution is 2.36. The van der Waals surface area contributed by atoms with Crippen LogP contribution in [0.3, 0.4) is 0 Å². The van der Waals surface area contributed by atoms with E-state index in [1.807, 2.05) is 0 Å². The van der Waals surface area contributed by atoms with Gasteiger partial charge in [0.25, 0.3) is 10.1 Å². The summed E-state index contributed by atoms with van der Waals surface area (Å²) in [7, 11) is -4.75. The molecule has 2 aromatic rings. The molecule has 2 heterocycles. The summed E-state index contributed by atoms with van der Waals surface area (Å²) in [6, 6.07) is 1.15. The van der Waals surface area contributed by atoms with Crippen molar-refractivity contribution in [3.63, 3.8) is 0 Å². The quantitative estimate of drug-likeness (QED) is 0.178. The normalized spacial score (nSPS) is 22.2. The Morgan fingerprint density at radius 3 is 2.02 bits per heavy atom. The second-order valence-electron chi connectivity index (χ2n) is 8.88. The Morgan fingerprint density at radius 1 is 0.905 bits per heavy atom. The predicted octanol–water partition coefficient (Wildman–Crippen LogP) is 0.921. The highest BCUT2D eigenvalue weighted by molar-refractivity contribution is 7.85. The van der Waals surface area contributed by atoms with Crippen molar-refractivity contribution in [2.75, 3.05) is 6.61 Å². The van der Waals surface area contributed by atoms with Crippen molar-refractivity contribution in [1.82, 2.24) is 0 Å². The number of fused-ring (bicyclic) bond motifs is 1. The molecule has 0 aliphatic carbocycles. The molecule has 18 heteroatoms. The molecule has 1 N–H and O–H groups in total. The average molecular weight is 623 g/mol. The third kappa shape index (κ3) is 7.98. The van der Waals surface area contributed by atoms with E-state index in [0.29, 0.717) is 12.1 Å². The zero-order chi connectivity index (χ0) is 31.5. The third-order valence-electron chi connectivity index (χ3n) is 5.49. The van der Waals surface area contributed by atoms with Crippen molar-refractivity contribution in [3.05, 3.63) is 39.8 Å². The minimum Gasteiger partial charge on any atom is -0.463 e. The van der Waals surface area contributed by atoms with Gasteiger partial charge in [0.2, 0.25) is 18.2 Å². The monoisotopic (exact) mass is 622 g/mol. The number of esters is 4. The van der Waals surface area contributed by atoms with Crippen LogP contribution in [0.4, 0.5) is 8.78 Å². The molecular weight excluding hydrogens is 598 g/mol. The van der Waals surface area contributed by atoms with Gasteiger partial charge in [0.05, 0.1) is 0 Å². The number of hydrogen-bond acceptors (Lipinski definition) is 14. The lowest BCUT2D eigenvalue weighted by Crippen LogP contribution is -2.63. The highest BCUT2D eigenvalue weighted by atomic mass is 32.2. The molecule has 1 aromatic carbocycles.